The van der Waals surface area contributed by atoms with Gasteiger partial charge in [-0.15, -0.1) is 0 Å². The van der Waals surface area contributed by atoms with E-state index in [0.29, 0.717) is 54.2 Å². The monoisotopic (exact) mass is 810 g/mol. The molecule has 3 aromatic carbocycles. The Labute approximate surface area is 330 Å². The number of nitrogens with one attached hydrogen (secondary N) is 1. The number of benzene rings is 3. The molecule has 1 aliphatic rings. The van der Waals surface area contributed by atoms with Crippen molar-refractivity contribution in [3.63, 3.8) is 0 Å². The number of esters is 1. The van der Waals surface area contributed by atoms with Gasteiger partial charge in [-0.05, 0) is 73.2 Å². The third-order valence-corrected chi connectivity index (χ3v) is 10.1. The molecule has 306 valence electrons. The van der Waals surface area contributed by atoms with Gasteiger partial charge >= 0.3 is 5.97 Å². The number of aliphatic hydroxyl groups excluding tert-OH is 1. The number of amides is 1. The molecule has 0 aliphatic heterocycles. The molecule has 1 saturated carbocycles. The van der Waals surface area contributed by atoms with Gasteiger partial charge in [0.2, 0.25) is 15.8 Å². The molecule has 0 spiro atoms. The molecule has 57 heavy (non-hydrogen) atoms. The Hall–Kier alpha value is -5.13. The van der Waals surface area contributed by atoms with E-state index < -0.39 is 33.4 Å². The SMILES string of the molecule is CCOC(=O)/C(O)=C/C(=O)c1cccc(COCCOCCOCCOCCN(c2cc3oc(-c4ccc(F)cc4)c(C(=O)NC)c3cc2C2CC2)S(C)(=O)=O)c1. The van der Waals surface area contributed by atoms with Gasteiger partial charge in [0.1, 0.15) is 17.2 Å². The number of allylic oxidation sites excluding steroid dienone is 1. The first-order valence-corrected chi connectivity index (χ1v) is 20.3. The first kappa shape index (κ1) is 43.0. The fourth-order valence-corrected chi connectivity index (χ4v) is 6.91. The highest BCUT2D eigenvalue weighted by atomic mass is 32.2. The fraction of sp³-hybridized carbons (Fsp3) is 0.390. The Morgan fingerprint density at radius 2 is 1.58 bits per heavy atom. The van der Waals surface area contributed by atoms with Crippen molar-refractivity contribution in [3.8, 4) is 11.3 Å². The molecule has 0 saturated heterocycles. The molecule has 0 radical (unpaired) electrons. The van der Waals surface area contributed by atoms with Crippen LogP contribution in [-0.4, -0.2) is 104 Å². The van der Waals surface area contributed by atoms with E-state index in [0.717, 1.165) is 36.3 Å². The summed E-state index contributed by atoms with van der Waals surface area (Å²) in [7, 11) is -2.23. The lowest BCUT2D eigenvalue weighted by Gasteiger charge is -2.25. The predicted octanol–water partition coefficient (Wildman–Crippen LogP) is 5.70. The molecule has 14 nitrogen and oxygen atoms in total. The number of anilines is 1. The van der Waals surface area contributed by atoms with Crippen molar-refractivity contribution in [3.05, 3.63) is 101 Å². The van der Waals surface area contributed by atoms with Crippen molar-refractivity contribution in [2.24, 2.45) is 0 Å². The number of carbonyl (C=O) groups is 3. The number of hydrogen-bond donors (Lipinski definition) is 2. The summed E-state index contributed by atoms with van der Waals surface area (Å²) in [5.74, 6) is -2.70. The lowest BCUT2D eigenvalue weighted by Crippen LogP contribution is -2.34. The van der Waals surface area contributed by atoms with Crippen LogP contribution < -0.4 is 9.62 Å². The lowest BCUT2D eigenvalue weighted by atomic mass is 10.0. The second kappa shape index (κ2) is 20.3. The summed E-state index contributed by atoms with van der Waals surface area (Å²) in [5, 5.41) is 12.9. The fourth-order valence-electron chi connectivity index (χ4n) is 5.99. The molecule has 4 aromatic rings. The van der Waals surface area contributed by atoms with Gasteiger partial charge in [-0.25, -0.2) is 17.6 Å². The Morgan fingerprint density at radius 3 is 2.19 bits per heavy atom. The van der Waals surface area contributed by atoms with Gasteiger partial charge in [0.05, 0.1) is 83.5 Å². The number of aliphatic hydroxyl groups is 1. The number of ether oxygens (including phenoxy) is 5. The van der Waals surface area contributed by atoms with Crippen molar-refractivity contribution in [2.75, 3.05) is 77.0 Å². The number of ketones is 1. The Bertz CT molecular complexity index is 2160. The number of carbonyl (C=O) groups excluding carboxylic acids is 3. The summed E-state index contributed by atoms with van der Waals surface area (Å²) in [6.07, 6.45) is 3.71. The molecular weight excluding hydrogens is 764 g/mol. The van der Waals surface area contributed by atoms with Crippen LogP contribution in [0.4, 0.5) is 10.1 Å². The zero-order valence-electron chi connectivity index (χ0n) is 32.1. The molecule has 1 fully saturated rings. The molecule has 16 heteroatoms. The molecule has 1 amide bonds. The van der Waals surface area contributed by atoms with E-state index >= 15 is 0 Å². The number of fused-ring (bicyclic) bond motifs is 1. The lowest BCUT2D eigenvalue weighted by molar-refractivity contribution is -0.141. The van der Waals surface area contributed by atoms with Crippen LogP contribution in [0, 0.1) is 5.82 Å². The number of hydrogen-bond acceptors (Lipinski definition) is 12. The van der Waals surface area contributed by atoms with E-state index in [1.165, 1.54) is 35.6 Å². The standard InChI is InChI=1S/C41H47FN2O12S/c1-4-55-41(48)36(46)25-35(45)30-7-5-6-27(22-30)26-54-21-20-53-19-18-52-17-16-51-15-14-44(57(3,49)50)34-24-37-33(23-32(34)28-8-9-28)38(40(47)43-2)39(56-37)29-10-12-31(42)13-11-29/h5-7,10-13,22-25,28,46H,4,8-9,14-21,26H2,1-3H3,(H,43,47)/b36-25-. The minimum absolute atomic E-state index is 0.0394. The van der Waals surface area contributed by atoms with E-state index in [2.05, 4.69) is 10.1 Å². The second-order valence-electron chi connectivity index (χ2n) is 13.1. The van der Waals surface area contributed by atoms with Crippen molar-refractivity contribution in [1.29, 1.82) is 0 Å². The van der Waals surface area contributed by atoms with Gasteiger partial charge in [-0.3, -0.25) is 13.9 Å². The summed E-state index contributed by atoms with van der Waals surface area (Å²) in [5.41, 5.74) is 3.39. The molecule has 0 atom stereocenters. The van der Waals surface area contributed by atoms with Crippen LogP contribution in [-0.2, 0) is 45.1 Å². The van der Waals surface area contributed by atoms with E-state index in [9.17, 15) is 32.3 Å². The van der Waals surface area contributed by atoms with Crippen LogP contribution in [0.5, 0.6) is 0 Å². The number of halogens is 1. The summed E-state index contributed by atoms with van der Waals surface area (Å²) in [4.78, 5) is 37.0. The minimum Gasteiger partial charge on any atom is -0.502 e. The van der Waals surface area contributed by atoms with E-state index in [4.69, 9.17) is 23.4 Å². The van der Waals surface area contributed by atoms with Crippen LogP contribution >= 0.6 is 0 Å². The maximum Gasteiger partial charge on any atom is 0.373 e. The number of nitrogens with zero attached hydrogens (tertiary/aromatic N) is 1. The van der Waals surface area contributed by atoms with Crippen LogP contribution in [0.15, 0.2) is 76.9 Å². The Morgan fingerprint density at radius 1 is 0.930 bits per heavy atom. The van der Waals surface area contributed by atoms with Crippen molar-refractivity contribution >= 4 is 44.3 Å². The van der Waals surface area contributed by atoms with Crippen molar-refractivity contribution in [2.45, 2.75) is 32.3 Å². The predicted molar refractivity (Wildman–Crippen MR) is 209 cm³/mol. The highest BCUT2D eigenvalue weighted by Gasteiger charge is 2.33. The maximum absolute atomic E-state index is 13.7. The number of sulfonamides is 1. The van der Waals surface area contributed by atoms with Crippen LogP contribution in [0.3, 0.4) is 0 Å². The van der Waals surface area contributed by atoms with E-state index in [-0.39, 0.29) is 62.7 Å². The number of rotatable bonds is 23. The smallest absolute Gasteiger partial charge is 0.373 e. The Kier molecular flexibility index (Phi) is 15.3. The van der Waals surface area contributed by atoms with Gasteiger partial charge < -0.3 is 38.5 Å². The largest absolute Gasteiger partial charge is 0.502 e. The molecule has 1 heterocycles. The summed E-state index contributed by atoms with van der Waals surface area (Å²) < 4.78 is 74.5. The summed E-state index contributed by atoms with van der Waals surface area (Å²) in [6.45, 7) is 3.74. The maximum atomic E-state index is 13.7. The van der Waals surface area contributed by atoms with Gasteiger partial charge in [0, 0.05) is 35.7 Å². The Balaban J connectivity index is 1.05. The van der Waals surface area contributed by atoms with Gasteiger partial charge in [0.15, 0.2) is 5.78 Å². The van der Waals surface area contributed by atoms with E-state index in [1.54, 1.807) is 37.3 Å². The molecular formula is C41H47FN2O12S. The zero-order chi connectivity index (χ0) is 41.0. The quantitative estimate of drug-likeness (QED) is 0.0308. The molecule has 2 N–H and O–H groups in total. The van der Waals surface area contributed by atoms with Gasteiger partial charge in [-0.1, -0.05) is 18.2 Å². The van der Waals surface area contributed by atoms with Gasteiger partial charge in [-0.2, -0.15) is 0 Å². The van der Waals surface area contributed by atoms with Crippen LogP contribution in [0.1, 0.15) is 57.5 Å². The molecule has 1 aliphatic carbocycles. The second-order valence-corrected chi connectivity index (χ2v) is 15.0. The van der Waals surface area contributed by atoms with Gasteiger partial charge in [0.25, 0.3) is 5.91 Å². The summed E-state index contributed by atoms with van der Waals surface area (Å²) >= 11 is 0. The van der Waals surface area contributed by atoms with Crippen LogP contribution in [0.2, 0.25) is 0 Å². The van der Waals surface area contributed by atoms with E-state index in [1.807, 2.05) is 6.07 Å². The first-order valence-electron chi connectivity index (χ1n) is 18.5. The highest BCUT2D eigenvalue weighted by Crippen LogP contribution is 2.48. The molecule has 0 unspecified atom stereocenters. The van der Waals surface area contributed by atoms with Crippen molar-refractivity contribution in [1.82, 2.24) is 5.32 Å². The topological polar surface area (TPSA) is 180 Å². The minimum atomic E-state index is -3.75. The third kappa shape index (κ3) is 11.9. The zero-order valence-corrected chi connectivity index (χ0v) is 32.9. The molecule has 5 rings (SSSR count). The third-order valence-electron chi connectivity index (χ3n) is 8.87. The average Bonchev–Trinajstić information content (AvgIpc) is 3.97. The summed E-state index contributed by atoms with van der Waals surface area (Å²) in [6, 6.07) is 15.7. The highest BCUT2D eigenvalue weighted by molar-refractivity contribution is 7.92. The normalized spacial score (nSPS) is 13.2. The first-order chi connectivity index (χ1) is 27.4. The average molecular weight is 811 g/mol. The molecule has 0 bridgehead atoms. The van der Waals surface area contributed by atoms with Crippen molar-refractivity contribution < 1.29 is 60.4 Å². The van der Waals surface area contributed by atoms with Crippen LogP contribution in [0.25, 0.3) is 22.3 Å². The molecule has 1 aromatic heterocycles. The number of furan rings is 1.